The summed E-state index contributed by atoms with van der Waals surface area (Å²) in [6.45, 7) is 0. The summed E-state index contributed by atoms with van der Waals surface area (Å²) in [5.74, 6) is 0. The van der Waals surface area contributed by atoms with Crippen molar-refractivity contribution in [1.29, 1.82) is 0 Å². The fourth-order valence-corrected chi connectivity index (χ4v) is 3.05. The minimum atomic E-state index is 0.818. The average Bonchev–Trinajstić information content (AvgIpc) is 3.02. The zero-order chi connectivity index (χ0) is 10.1. The molecule has 1 radical (unpaired) electrons. The van der Waals surface area contributed by atoms with Gasteiger partial charge < -0.3 is 0 Å². The number of hydrogen-bond acceptors (Lipinski definition) is 6. The van der Waals surface area contributed by atoms with Crippen molar-refractivity contribution >= 4 is 34.0 Å². The van der Waals surface area contributed by atoms with E-state index < -0.39 is 0 Å². The molecule has 0 aromatic carbocycles. The van der Waals surface area contributed by atoms with Crippen LogP contribution in [0.3, 0.4) is 0 Å². The van der Waals surface area contributed by atoms with Crippen LogP contribution in [-0.2, 0) is 0 Å². The number of rotatable bonds is 2. The van der Waals surface area contributed by atoms with Crippen molar-refractivity contribution in [2.75, 3.05) is 0 Å². The molecule has 0 aliphatic heterocycles. The smallest absolute Gasteiger partial charge is 0.144 e. The first-order chi connectivity index (χ1) is 7.43. The predicted molar refractivity (Wildman–Crippen MR) is 63.2 cm³/mol. The monoisotopic (exact) mass is 250 g/mol. The standard InChI is InChI=1S/C9H4N3S3/c1-2-14-8(10-1)7-4-15-9(12-7)6-3-13-5-11-6/h1-3,5H. The van der Waals surface area contributed by atoms with Gasteiger partial charge in [-0.2, -0.15) is 0 Å². The normalized spacial score (nSPS) is 10.7. The molecular weight excluding hydrogens is 246 g/mol. The van der Waals surface area contributed by atoms with Gasteiger partial charge in [-0.1, -0.05) is 0 Å². The predicted octanol–water partition coefficient (Wildman–Crippen LogP) is 3.19. The topological polar surface area (TPSA) is 38.7 Å². The van der Waals surface area contributed by atoms with Crippen LogP contribution in [0, 0.1) is 5.38 Å². The second-order valence-corrected chi connectivity index (χ2v) is 5.09. The summed E-state index contributed by atoms with van der Waals surface area (Å²) in [6, 6.07) is 0. The number of aromatic nitrogens is 3. The minimum absolute atomic E-state index is 0.818. The SMILES string of the molecule is [c]1sc(-c2cscn2)nc1-c1nccs1. The molecule has 0 unspecified atom stereocenters. The van der Waals surface area contributed by atoms with Crippen molar-refractivity contribution in [3.63, 3.8) is 0 Å². The van der Waals surface area contributed by atoms with E-state index in [0.29, 0.717) is 0 Å². The van der Waals surface area contributed by atoms with Crippen LogP contribution in [-0.4, -0.2) is 15.0 Å². The Morgan fingerprint density at radius 2 is 2.20 bits per heavy atom. The molecule has 3 nitrogen and oxygen atoms in total. The number of nitrogens with zero attached hydrogens (tertiary/aromatic N) is 3. The van der Waals surface area contributed by atoms with E-state index in [4.69, 9.17) is 0 Å². The summed E-state index contributed by atoms with van der Waals surface area (Å²) in [7, 11) is 0. The fourth-order valence-electron chi connectivity index (χ4n) is 1.10. The maximum atomic E-state index is 4.45. The molecule has 0 aliphatic rings. The number of hydrogen-bond donors (Lipinski definition) is 0. The highest BCUT2D eigenvalue weighted by Crippen LogP contribution is 2.28. The van der Waals surface area contributed by atoms with Crippen LogP contribution in [0.4, 0.5) is 0 Å². The van der Waals surface area contributed by atoms with Crippen molar-refractivity contribution in [2.24, 2.45) is 0 Å². The van der Waals surface area contributed by atoms with Crippen molar-refractivity contribution in [1.82, 2.24) is 15.0 Å². The molecule has 15 heavy (non-hydrogen) atoms. The van der Waals surface area contributed by atoms with Gasteiger partial charge in [0.15, 0.2) is 0 Å². The Balaban J connectivity index is 2.02. The lowest BCUT2D eigenvalue weighted by molar-refractivity contribution is 1.31. The van der Waals surface area contributed by atoms with Gasteiger partial charge in [0.25, 0.3) is 0 Å². The lowest BCUT2D eigenvalue weighted by Gasteiger charge is -1.86. The Morgan fingerprint density at radius 1 is 1.20 bits per heavy atom. The molecule has 0 bridgehead atoms. The molecule has 3 aromatic rings. The lowest BCUT2D eigenvalue weighted by atomic mass is 10.5. The molecule has 0 saturated heterocycles. The highest BCUT2D eigenvalue weighted by molar-refractivity contribution is 7.15. The highest BCUT2D eigenvalue weighted by Gasteiger charge is 2.09. The third kappa shape index (κ3) is 1.71. The lowest BCUT2D eigenvalue weighted by Crippen LogP contribution is -1.77. The molecule has 6 heteroatoms. The summed E-state index contributed by atoms with van der Waals surface area (Å²) < 4.78 is 0. The minimum Gasteiger partial charge on any atom is -0.243 e. The van der Waals surface area contributed by atoms with Crippen LogP contribution in [0.1, 0.15) is 0 Å². The Kier molecular flexibility index (Phi) is 2.32. The first kappa shape index (κ1) is 9.14. The zero-order valence-electron chi connectivity index (χ0n) is 7.38. The van der Waals surface area contributed by atoms with E-state index in [1.54, 1.807) is 34.4 Å². The fraction of sp³-hybridized carbons (Fsp3) is 0. The molecule has 73 valence electrons. The second-order valence-electron chi connectivity index (χ2n) is 2.68. The van der Waals surface area contributed by atoms with Crippen LogP contribution in [0.5, 0.6) is 0 Å². The Labute approximate surface area is 98.1 Å². The molecule has 0 spiro atoms. The van der Waals surface area contributed by atoms with Crippen molar-refractivity contribution in [2.45, 2.75) is 0 Å². The molecule has 0 amide bonds. The van der Waals surface area contributed by atoms with Gasteiger partial charge in [-0.15, -0.1) is 34.0 Å². The van der Waals surface area contributed by atoms with E-state index in [-0.39, 0.29) is 0 Å². The van der Waals surface area contributed by atoms with E-state index in [0.717, 1.165) is 21.4 Å². The summed E-state index contributed by atoms with van der Waals surface area (Å²) in [4.78, 5) is 12.9. The molecule has 3 aromatic heterocycles. The van der Waals surface area contributed by atoms with Gasteiger partial charge in [0.05, 0.1) is 10.9 Å². The Bertz CT molecular complexity index is 490. The molecular formula is C9H4N3S3. The third-order valence-corrected chi connectivity index (χ3v) is 3.90. The van der Waals surface area contributed by atoms with Gasteiger partial charge in [0.2, 0.25) is 0 Å². The van der Waals surface area contributed by atoms with Gasteiger partial charge in [0.1, 0.15) is 21.4 Å². The average molecular weight is 250 g/mol. The van der Waals surface area contributed by atoms with Crippen LogP contribution in [0.15, 0.2) is 22.5 Å². The van der Waals surface area contributed by atoms with Crippen molar-refractivity contribution in [3.05, 3.63) is 27.8 Å². The Hall–Kier alpha value is -1.11. The molecule has 0 atom stereocenters. The maximum Gasteiger partial charge on any atom is 0.144 e. The van der Waals surface area contributed by atoms with E-state index in [9.17, 15) is 0 Å². The highest BCUT2D eigenvalue weighted by atomic mass is 32.1. The molecule has 0 saturated carbocycles. The molecule has 3 rings (SSSR count). The van der Waals surface area contributed by atoms with Crippen molar-refractivity contribution in [3.8, 4) is 21.4 Å². The maximum absolute atomic E-state index is 4.45. The molecule has 0 aliphatic carbocycles. The number of thiazole rings is 3. The van der Waals surface area contributed by atoms with Gasteiger partial charge >= 0.3 is 0 Å². The molecule has 3 heterocycles. The van der Waals surface area contributed by atoms with Gasteiger partial charge in [0, 0.05) is 17.0 Å². The van der Waals surface area contributed by atoms with Crippen LogP contribution in [0.25, 0.3) is 21.4 Å². The first-order valence-corrected chi connectivity index (χ1v) is 6.74. The summed E-state index contributed by atoms with van der Waals surface area (Å²) in [6.07, 6.45) is 1.77. The zero-order valence-corrected chi connectivity index (χ0v) is 9.83. The quantitative estimate of drug-likeness (QED) is 0.701. The summed E-state index contributed by atoms with van der Waals surface area (Å²) in [5.41, 5.74) is 3.54. The largest absolute Gasteiger partial charge is 0.243 e. The molecule has 0 N–H and O–H groups in total. The first-order valence-electron chi connectivity index (χ1n) is 4.10. The second kappa shape index (κ2) is 3.80. The van der Waals surface area contributed by atoms with Crippen LogP contribution < -0.4 is 0 Å². The van der Waals surface area contributed by atoms with Gasteiger partial charge in [-0.05, 0) is 0 Å². The molecule has 0 fully saturated rings. The van der Waals surface area contributed by atoms with Crippen molar-refractivity contribution < 1.29 is 0 Å². The Morgan fingerprint density at radius 3 is 2.93 bits per heavy atom. The van der Waals surface area contributed by atoms with Gasteiger partial charge in [-0.25, -0.2) is 15.0 Å². The van der Waals surface area contributed by atoms with E-state index in [2.05, 4.69) is 20.3 Å². The van der Waals surface area contributed by atoms with Gasteiger partial charge in [-0.3, -0.25) is 0 Å². The van der Waals surface area contributed by atoms with E-state index >= 15 is 0 Å². The van der Waals surface area contributed by atoms with E-state index in [1.165, 1.54) is 11.3 Å². The van der Waals surface area contributed by atoms with Crippen LogP contribution >= 0.6 is 34.0 Å². The summed E-state index contributed by atoms with van der Waals surface area (Å²) >= 11 is 4.62. The van der Waals surface area contributed by atoms with Crippen LogP contribution in [0.2, 0.25) is 0 Å². The third-order valence-electron chi connectivity index (χ3n) is 1.74. The summed E-state index contributed by atoms with van der Waals surface area (Å²) in [5, 5.41) is 8.87. The van der Waals surface area contributed by atoms with E-state index in [1.807, 2.05) is 10.8 Å².